The minimum Gasteiger partial charge on any atom is -0.388 e. The molecule has 34 heavy (non-hydrogen) atoms. The fourth-order valence-corrected chi connectivity index (χ4v) is 4.81. The van der Waals surface area contributed by atoms with E-state index < -0.39 is 24.1 Å². The molecule has 3 aromatic carbocycles. The quantitative estimate of drug-likeness (QED) is 0.212. The number of nitrogens with zero attached hydrogens (tertiary/aromatic N) is 1. The molecule has 2 unspecified atom stereocenters. The Bertz CT molecular complexity index is 1130. The Hall–Kier alpha value is -1.57. The van der Waals surface area contributed by atoms with Gasteiger partial charge in [-0.1, -0.05) is 56.0 Å². The van der Waals surface area contributed by atoms with Gasteiger partial charge in [0, 0.05) is 34.9 Å². The molecule has 0 bridgehead atoms. The van der Waals surface area contributed by atoms with Crippen molar-refractivity contribution in [2.24, 2.45) is 0 Å². The van der Waals surface area contributed by atoms with Crippen molar-refractivity contribution in [3.8, 4) is 0 Å². The predicted octanol–water partition coefficient (Wildman–Crippen LogP) is 7.96. The summed E-state index contributed by atoms with van der Waals surface area (Å²) in [6, 6.07) is 8.21. The second kappa shape index (κ2) is 11.4. The predicted molar refractivity (Wildman–Crippen MR) is 133 cm³/mol. The summed E-state index contributed by atoms with van der Waals surface area (Å²) in [6.45, 7) is 5.57. The van der Waals surface area contributed by atoms with E-state index >= 15 is 0 Å². The molecule has 0 aromatic heterocycles. The standard InChI is InChI=1S/C26H30Cl2F3NO2/c1-3-5-9-32(10-6-4-2)25(34)15-24(33)22-14-21-20(12-17(27)13-23(21)28)19-11-16(26(29,30)31)7-8-18(19)22/h7-8,11-14,24-25,33-34H,3-6,9-10,15H2,1-2H3. The van der Waals surface area contributed by atoms with Gasteiger partial charge in [0.05, 0.1) is 11.7 Å². The molecule has 0 heterocycles. The number of aliphatic hydroxyl groups is 2. The SMILES string of the molecule is CCCCN(CCCC)C(O)CC(O)c1cc2c(Cl)cc(Cl)cc2c2cc(C(F)(F)F)ccc12. The Morgan fingerprint density at radius 3 is 2.06 bits per heavy atom. The summed E-state index contributed by atoms with van der Waals surface area (Å²) < 4.78 is 40.4. The van der Waals surface area contributed by atoms with Crippen LogP contribution in [0.2, 0.25) is 10.0 Å². The smallest absolute Gasteiger partial charge is 0.388 e. The number of rotatable bonds is 10. The van der Waals surface area contributed by atoms with Crippen molar-refractivity contribution in [2.75, 3.05) is 13.1 Å². The molecule has 0 amide bonds. The van der Waals surface area contributed by atoms with Crippen LogP contribution in [-0.2, 0) is 6.18 Å². The van der Waals surface area contributed by atoms with Gasteiger partial charge in [0.2, 0.25) is 0 Å². The number of hydrogen-bond donors (Lipinski definition) is 2. The van der Waals surface area contributed by atoms with Crippen LogP contribution in [0.25, 0.3) is 21.5 Å². The van der Waals surface area contributed by atoms with E-state index in [1.54, 1.807) is 12.1 Å². The lowest BCUT2D eigenvalue weighted by Crippen LogP contribution is -2.37. The zero-order chi connectivity index (χ0) is 25.0. The van der Waals surface area contributed by atoms with Gasteiger partial charge in [0.25, 0.3) is 0 Å². The van der Waals surface area contributed by atoms with Gasteiger partial charge in [-0.3, -0.25) is 4.90 Å². The zero-order valence-electron chi connectivity index (χ0n) is 19.3. The molecule has 0 saturated heterocycles. The molecule has 3 rings (SSSR count). The third-order valence-corrected chi connectivity index (χ3v) is 6.69. The van der Waals surface area contributed by atoms with Crippen LogP contribution in [0, 0.1) is 0 Å². The highest BCUT2D eigenvalue weighted by molar-refractivity contribution is 6.39. The van der Waals surface area contributed by atoms with Crippen LogP contribution in [0.1, 0.15) is 63.2 Å². The van der Waals surface area contributed by atoms with E-state index in [4.69, 9.17) is 23.2 Å². The van der Waals surface area contributed by atoms with Crippen LogP contribution >= 0.6 is 23.2 Å². The number of unbranched alkanes of at least 4 members (excludes halogenated alkanes) is 2. The minimum atomic E-state index is -4.52. The molecular formula is C26H30Cl2F3NO2. The van der Waals surface area contributed by atoms with Crippen molar-refractivity contribution in [1.29, 1.82) is 0 Å². The summed E-state index contributed by atoms with van der Waals surface area (Å²) in [6.07, 6.45) is -2.66. The molecule has 0 aliphatic heterocycles. The van der Waals surface area contributed by atoms with Gasteiger partial charge in [-0.05, 0) is 64.9 Å². The Labute approximate surface area is 208 Å². The van der Waals surface area contributed by atoms with E-state index in [2.05, 4.69) is 13.8 Å². The van der Waals surface area contributed by atoms with Crippen LogP contribution in [0.5, 0.6) is 0 Å². The molecule has 0 spiro atoms. The molecule has 0 fully saturated rings. The van der Waals surface area contributed by atoms with E-state index in [1.807, 2.05) is 4.90 Å². The van der Waals surface area contributed by atoms with Gasteiger partial charge in [-0.15, -0.1) is 0 Å². The molecule has 2 N–H and O–H groups in total. The Morgan fingerprint density at radius 1 is 0.853 bits per heavy atom. The molecule has 0 aliphatic rings. The third kappa shape index (κ3) is 6.16. The van der Waals surface area contributed by atoms with Crippen LogP contribution < -0.4 is 0 Å². The first-order valence-electron chi connectivity index (χ1n) is 11.6. The number of benzene rings is 3. The first-order chi connectivity index (χ1) is 16.1. The van der Waals surface area contributed by atoms with Gasteiger partial charge in [0.15, 0.2) is 0 Å². The second-order valence-corrected chi connectivity index (χ2v) is 9.53. The lowest BCUT2D eigenvalue weighted by Gasteiger charge is -2.29. The molecular weight excluding hydrogens is 486 g/mol. The van der Waals surface area contributed by atoms with Gasteiger partial charge in [-0.25, -0.2) is 0 Å². The van der Waals surface area contributed by atoms with Gasteiger partial charge in [0.1, 0.15) is 6.23 Å². The van der Waals surface area contributed by atoms with E-state index in [0.29, 0.717) is 45.2 Å². The van der Waals surface area contributed by atoms with Crippen LogP contribution in [0.4, 0.5) is 13.2 Å². The molecule has 3 nitrogen and oxygen atoms in total. The number of hydrogen-bond acceptors (Lipinski definition) is 3. The van der Waals surface area contributed by atoms with Crippen molar-refractivity contribution >= 4 is 44.7 Å². The molecule has 186 valence electrons. The third-order valence-electron chi connectivity index (χ3n) is 6.15. The van der Waals surface area contributed by atoms with Crippen LogP contribution in [-0.4, -0.2) is 34.4 Å². The molecule has 2 atom stereocenters. The summed E-state index contributed by atoms with van der Waals surface area (Å²) in [4.78, 5) is 1.95. The maximum Gasteiger partial charge on any atom is 0.416 e. The topological polar surface area (TPSA) is 43.7 Å². The van der Waals surface area contributed by atoms with Crippen molar-refractivity contribution < 1.29 is 23.4 Å². The molecule has 8 heteroatoms. The fourth-order valence-electron chi connectivity index (χ4n) is 4.27. The second-order valence-electron chi connectivity index (χ2n) is 8.68. The Kier molecular flexibility index (Phi) is 9.10. The average Bonchev–Trinajstić information content (AvgIpc) is 2.77. The highest BCUT2D eigenvalue weighted by Gasteiger charge is 2.31. The molecule has 0 aliphatic carbocycles. The minimum absolute atomic E-state index is 0.0280. The summed E-state index contributed by atoms with van der Waals surface area (Å²) in [7, 11) is 0. The first-order valence-corrected chi connectivity index (χ1v) is 12.3. The highest BCUT2D eigenvalue weighted by Crippen LogP contribution is 2.40. The van der Waals surface area contributed by atoms with Gasteiger partial charge in [-0.2, -0.15) is 13.2 Å². The van der Waals surface area contributed by atoms with Crippen molar-refractivity contribution in [3.05, 3.63) is 57.6 Å². The summed E-state index contributed by atoms with van der Waals surface area (Å²) in [5.74, 6) is 0. The number of halogens is 5. The van der Waals surface area contributed by atoms with Gasteiger partial charge < -0.3 is 10.2 Å². The molecule has 0 radical (unpaired) electrons. The zero-order valence-corrected chi connectivity index (χ0v) is 20.8. The number of aliphatic hydroxyl groups excluding tert-OH is 2. The molecule has 0 saturated carbocycles. The van der Waals surface area contributed by atoms with E-state index in [9.17, 15) is 23.4 Å². The van der Waals surface area contributed by atoms with Crippen molar-refractivity contribution in [2.45, 2.75) is 64.5 Å². The van der Waals surface area contributed by atoms with Crippen molar-refractivity contribution in [3.63, 3.8) is 0 Å². The monoisotopic (exact) mass is 515 g/mol. The largest absolute Gasteiger partial charge is 0.416 e. The number of fused-ring (bicyclic) bond motifs is 3. The Morgan fingerprint density at radius 2 is 1.47 bits per heavy atom. The first kappa shape index (κ1) is 27.0. The fraction of sp³-hybridized carbons (Fsp3) is 0.462. The summed E-state index contributed by atoms with van der Waals surface area (Å²) in [5.41, 5.74) is -0.375. The van der Waals surface area contributed by atoms with Gasteiger partial charge >= 0.3 is 6.18 Å². The lowest BCUT2D eigenvalue weighted by molar-refractivity contribution is -0.137. The van der Waals surface area contributed by atoms with E-state index in [-0.39, 0.29) is 11.4 Å². The van der Waals surface area contributed by atoms with E-state index in [0.717, 1.165) is 37.8 Å². The highest BCUT2D eigenvalue weighted by atomic mass is 35.5. The maximum absolute atomic E-state index is 13.5. The summed E-state index contributed by atoms with van der Waals surface area (Å²) >= 11 is 12.5. The number of alkyl halides is 3. The summed E-state index contributed by atoms with van der Waals surface area (Å²) in [5, 5.41) is 24.4. The van der Waals surface area contributed by atoms with E-state index in [1.165, 1.54) is 12.1 Å². The Balaban J connectivity index is 2.08. The maximum atomic E-state index is 13.5. The van der Waals surface area contributed by atoms with Crippen LogP contribution in [0.15, 0.2) is 36.4 Å². The van der Waals surface area contributed by atoms with Crippen LogP contribution in [0.3, 0.4) is 0 Å². The normalized spacial score (nSPS) is 14.3. The molecule has 3 aromatic rings. The average molecular weight is 516 g/mol. The lowest BCUT2D eigenvalue weighted by atomic mass is 9.92. The van der Waals surface area contributed by atoms with Crippen molar-refractivity contribution in [1.82, 2.24) is 4.90 Å².